The van der Waals surface area contributed by atoms with Gasteiger partial charge in [0.15, 0.2) is 0 Å². The molecule has 0 saturated heterocycles. The number of hydrogen-bond donors (Lipinski definition) is 1. The molecule has 0 aliphatic heterocycles. The SMILES string of the molecule is CC[C@@H](O)c1ccc(OCCOC)cc1. The molecule has 0 spiro atoms. The summed E-state index contributed by atoms with van der Waals surface area (Å²) in [6, 6.07) is 7.50. The minimum Gasteiger partial charge on any atom is -0.491 e. The first-order chi connectivity index (χ1) is 7.27. The van der Waals surface area contributed by atoms with Crippen LogP contribution < -0.4 is 4.74 Å². The highest BCUT2D eigenvalue weighted by atomic mass is 16.5. The predicted molar refractivity (Wildman–Crippen MR) is 59.1 cm³/mol. The number of rotatable bonds is 6. The summed E-state index contributed by atoms with van der Waals surface area (Å²) in [6.07, 6.45) is 0.349. The minimum absolute atomic E-state index is 0.377. The molecule has 3 nitrogen and oxygen atoms in total. The van der Waals surface area contributed by atoms with Gasteiger partial charge in [-0.05, 0) is 24.1 Å². The number of aliphatic hydroxyl groups excluding tert-OH is 1. The fourth-order valence-corrected chi connectivity index (χ4v) is 1.26. The molecule has 0 unspecified atom stereocenters. The molecule has 0 fully saturated rings. The molecule has 1 rings (SSSR count). The first-order valence-electron chi connectivity index (χ1n) is 5.17. The van der Waals surface area contributed by atoms with Gasteiger partial charge in [0, 0.05) is 7.11 Å². The standard InChI is InChI=1S/C12H18O3/c1-3-12(13)10-4-6-11(7-5-10)15-9-8-14-2/h4-7,12-13H,3,8-9H2,1-2H3/t12-/m1/s1. The number of aliphatic hydroxyl groups is 1. The first-order valence-corrected chi connectivity index (χ1v) is 5.17. The molecular formula is C12H18O3. The third-order valence-corrected chi connectivity index (χ3v) is 2.21. The third kappa shape index (κ3) is 3.90. The molecule has 1 N–H and O–H groups in total. The van der Waals surface area contributed by atoms with Crippen LogP contribution in [0.5, 0.6) is 5.75 Å². The summed E-state index contributed by atoms with van der Waals surface area (Å²) in [6.45, 7) is 3.08. The van der Waals surface area contributed by atoms with E-state index in [0.29, 0.717) is 13.2 Å². The summed E-state index contributed by atoms with van der Waals surface area (Å²) in [5.41, 5.74) is 0.927. The van der Waals surface area contributed by atoms with Crippen LogP contribution in [0.3, 0.4) is 0 Å². The van der Waals surface area contributed by atoms with Crippen molar-refractivity contribution in [2.75, 3.05) is 20.3 Å². The average Bonchev–Trinajstić information content (AvgIpc) is 2.29. The number of methoxy groups -OCH3 is 1. The van der Waals surface area contributed by atoms with Crippen LogP contribution in [0, 0.1) is 0 Å². The topological polar surface area (TPSA) is 38.7 Å². The van der Waals surface area contributed by atoms with E-state index in [9.17, 15) is 5.11 Å². The van der Waals surface area contributed by atoms with Crippen molar-refractivity contribution < 1.29 is 14.6 Å². The van der Waals surface area contributed by atoms with E-state index < -0.39 is 0 Å². The normalized spacial score (nSPS) is 12.5. The van der Waals surface area contributed by atoms with Crippen molar-refractivity contribution in [2.24, 2.45) is 0 Å². The van der Waals surface area contributed by atoms with Gasteiger partial charge in [0.05, 0.1) is 12.7 Å². The summed E-state index contributed by atoms with van der Waals surface area (Å²) >= 11 is 0. The van der Waals surface area contributed by atoms with E-state index in [1.807, 2.05) is 31.2 Å². The summed E-state index contributed by atoms with van der Waals surface area (Å²) in [5, 5.41) is 9.57. The highest BCUT2D eigenvalue weighted by molar-refractivity contribution is 5.28. The third-order valence-electron chi connectivity index (χ3n) is 2.21. The van der Waals surface area contributed by atoms with Gasteiger partial charge in [-0.15, -0.1) is 0 Å². The summed E-state index contributed by atoms with van der Waals surface area (Å²) in [5.74, 6) is 0.805. The first kappa shape index (κ1) is 12.0. The molecule has 3 heteroatoms. The smallest absolute Gasteiger partial charge is 0.119 e. The van der Waals surface area contributed by atoms with Gasteiger partial charge in [-0.3, -0.25) is 0 Å². The van der Waals surface area contributed by atoms with Crippen LogP contribution in [0.1, 0.15) is 25.0 Å². The van der Waals surface area contributed by atoms with Crippen LogP contribution in [-0.2, 0) is 4.74 Å². The quantitative estimate of drug-likeness (QED) is 0.731. The summed E-state index contributed by atoms with van der Waals surface area (Å²) in [4.78, 5) is 0. The Balaban J connectivity index is 2.49. The van der Waals surface area contributed by atoms with Gasteiger partial charge in [0.25, 0.3) is 0 Å². The molecule has 0 aliphatic carbocycles. The second kappa shape index (κ2) is 6.43. The van der Waals surface area contributed by atoms with Crippen LogP contribution in [0.4, 0.5) is 0 Å². The monoisotopic (exact) mass is 210 g/mol. The molecule has 0 aliphatic rings. The van der Waals surface area contributed by atoms with E-state index in [4.69, 9.17) is 9.47 Å². The molecule has 1 atom stereocenters. The van der Waals surface area contributed by atoms with E-state index in [2.05, 4.69) is 0 Å². The Bertz CT molecular complexity index is 269. The Morgan fingerprint density at radius 3 is 2.40 bits per heavy atom. The maximum atomic E-state index is 9.57. The predicted octanol–water partition coefficient (Wildman–Crippen LogP) is 2.16. The molecule has 1 aromatic carbocycles. The highest BCUT2D eigenvalue weighted by Gasteiger charge is 2.03. The van der Waals surface area contributed by atoms with Crippen LogP contribution >= 0.6 is 0 Å². The van der Waals surface area contributed by atoms with Crippen LogP contribution in [0.2, 0.25) is 0 Å². The summed E-state index contributed by atoms with van der Waals surface area (Å²) < 4.78 is 10.3. The number of benzene rings is 1. The van der Waals surface area contributed by atoms with Crippen molar-refractivity contribution in [3.05, 3.63) is 29.8 Å². The largest absolute Gasteiger partial charge is 0.491 e. The maximum absolute atomic E-state index is 9.57. The molecular weight excluding hydrogens is 192 g/mol. The van der Waals surface area contributed by atoms with E-state index >= 15 is 0 Å². The molecule has 0 bridgehead atoms. The number of hydrogen-bond acceptors (Lipinski definition) is 3. The van der Waals surface area contributed by atoms with Gasteiger partial charge in [0.1, 0.15) is 12.4 Å². The van der Waals surface area contributed by atoms with Crippen molar-refractivity contribution in [3.63, 3.8) is 0 Å². The van der Waals surface area contributed by atoms with Gasteiger partial charge in [-0.2, -0.15) is 0 Å². The lowest BCUT2D eigenvalue weighted by atomic mass is 10.1. The lowest BCUT2D eigenvalue weighted by Gasteiger charge is -2.09. The Kier molecular flexibility index (Phi) is 5.15. The van der Waals surface area contributed by atoms with E-state index in [0.717, 1.165) is 17.7 Å². The molecule has 0 saturated carbocycles. The molecule has 15 heavy (non-hydrogen) atoms. The number of ether oxygens (including phenoxy) is 2. The molecule has 0 aromatic heterocycles. The van der Waals surface area contributed by atoms with Crippen molar-refractivity contribution in [3.8, 4) is 5.75 Å². The van der Waals surface area contributed by atoms with Crippen molar-refractivity contribution in [2.45, 2.75) is 19.4 Å². The highest BCUT2D eigenvalue weighted by Crippen LogP contribution is 2.19. The Hall–Kier alpha value is -1.06. The van der Waals surface area contributed by atoms with Crippen molar-refractivity contribution in [1.29, 1.82) is 0 Å². The zero-order valence-electron chi connectivity index (χ0n) is 9.27. The fourth-order valence-electron chi connectivity index (χ4n) is 1.26. The maximum Gasteiger partial charge on any atom is 0.119 e. The lowest BCUT2D eigenvalue weighted by molar-refractivity contribution is 0.146. The minimum atomic E-state index is -0.377. The van der Waals surface area contributed by atoms with Crippen molar-refractivity contribution >= 4 is 0 Å². The van der Waals surface area contributed by atoms with Crippen LogP contribution in [0.15, 0.2) is 24.3 Å². The van der Waals surface area contributed by atoms with Gasteiger partial charge in [-0.25, -0.2) is 0 Å². The van der Waals surface area contributed by atoms with Gasteiger partial charge in [0.2, 0.25) is 0 Å². The Morgan fingerprint density at radius 1 is 1.20 bits per heavy atom. The molecule has 0 radical (unpaired) electrons. The Labute approximate surface area is 90.6 Å². The fraction of sp³-hybridized carbons (Fsp3) is 0.500. The van der Waals surface area contributed by atoms with Crippen molar-refractivity contribution in [1.82, 2.24) is 0 Å². The van der Waals surface area contributed by atoms with Gasteiger partial charge >= 0.3 is 0 Å². The molecule has 0 amide bonds. The summed E-state index contributed by atoms with van der Waals surface area (Å²) in [7, 11) is 1.64. The lowest BCUT2D eigenvalue weighted by Crippen LogP contribution is -2.04. The van der Waals surface area contributed by atoms with E-state index in [1.165, 1.54) is 0 Å². The van der Waals surface area contributed by atoms with Gasteiger partial charge in [-0.1, -0.05) is 19.1 Å². The molecule has 0 heterocycles. The van der Waals surface area contributed by atoms with Crippen LogP contribution in [0.25, 0.3) is 0 Å². The average molecular weight is 210 g/mol. The van der Waals surface area contributed by atoms with Gasteiger partial charge < -0.3 is 14.6 Å². The zero-order chi connectivity index (χ0) is 11.1. The second-order valence-corrected chi connectivity index (χ2v) is 3.33. The van der Waals surface area contributed by atoms with E-state index in [1.54, 1.807) is 7.11 Å². The Morgan fingerprint density at radius 2 is 1.87 bits per heavy atom. The zero-order valence-corrected chi connectivity index (χ0v) is 9.27. The van der Waals surface area contributed by atoms with Crippen LogP contribution in [-0.4, -0.2) is 25.4 Å². The molecule has 84 valence electrons. The van der Waals surface area contributed by atoms with E-state index in [-0.39, 0.29) is 6.10 Å². The molecule has 1 aromatic rings. The second-order valence-electron chi connectivity index (χ2n) is 3.33.